The standard InChI is InChI=1S/C27H28N2O2/c1-18-3-2-4-22-16-23(17-28-25(18)22)20-7-8-24-21(15-20)9-10-27(31-24)11-13-29(14-12-27)26(30)19-5-6-19/h2-4,7-8,15-17,19H,5-6,9-14H2,1H3. The van der Waals surface area contributed by atoms with Crippen LogP contribution in [-0.4, -0.2) is 34.5 Å². The predicted octanol–water partition coefficient (Wildman–Crippen LogP) is 5.31. The van der Waals surface area contributed by atoms with Crippen LogP contribution in [0.25, 0.3) is 22.0 Å². The molecule has 31 heavy (non-hydrogen) atoms. The zero-order valence-electron chi connectivity index (χ0n) is 18.1. The van der Waals surface area contributed by atoms with Crippen LogP contribution < -0.4 is 4.74 Å². The summed E-state index contributed by atoms with van der Waals surface area (Å²) in [5.41, 5.74) is 5.80. The Hall–Kier alpha value is -2.88. The van der Waals surface area contributed by atoms with E-state index in [1.807, 2.05) is 6.20 Å². The monoisotopic (exact) mass is 412 g/mol. The maximum absolute atomic E-state index is 12.4. The molecule has 2 fully saturated rings. The van der Waals surface area contributed by atoms with E-state index in [1.54, 1.807) is 0 Å². The van der Waals surface area contributed by atoms with E-state index in [4.69, 9.17) is 9.72 Å². The molecule has 0 atom stereocenters. The molecule has 1 saturated heterocycles. The maximum atomic E-state index is 12.4. The molecular formula is C27H28N2O2. The average Bonchev–Trinajstić information content (AvgIpc) is 3.64. The summed E-state index contributed by atoms with van der Waals surface area (Å²) in [6, 6.07) is 15.1. The van der Waals surface area contributed by atoms with Gasteiger partial charge in [-0.2, -0.15) is 0 Å². The normalized spacial score (nSPS) is 19.8. The van der Waals surface area contributed by atoms with Crippen LogP contribution in [0.4, 0.5) is 0 Å². The minimum absolute atomic E-state index is 0.100. The van der Waals surface area contributed by atoms with E-state index < -0.39 is 0 Å². The highest BCUT2D eigenvalue weighted by atomic mass is 16.5. The Morgan fingerprint density at radius 1 is 1.06 bits per heavy atom. The zero-order chi connectivity index (χ0) is 21.0. The van der Waals surface area contributed by atoms with Crippen LogP contribution in [0.3, 0.4) is 0 Å². The molecular weight excluding hydrogens is 384 g/mol. The van der Waals surface area contributed by atoms with Gasteiger partial charge >= 0.3 is 0 Å². The third kappa shape index (κ3) is 3.38. The van der Waals surface area contributed by atoms with Gasteiger partial charge in [0.15, 0.2) is 0 Å². The number of fused-ring (bicyclic) bond motifs is 2. The highest BCUT2D eigenvalue weighted by molar-refractivity contribution is 5.86. The molecule has 6 rings (SSSR count). The van der Waals surface area contributed by atoms with Crippen LogP contribution in [-0.2, 0) is 11.2 Å². The molecule has 3 aliphatic rings. The Morgan fingerprint density at radius 2 is 1.90 bits per heavy atom. The summed E-state index contributed by atoms with van der Waals surface area (Å²) >= 11 is 0. The van der Waals surface area contributed by atoms with Gasteiger partial charge in [-0.1, -0.05) is 24.3 Å². The molecule has 3 heterocycles. The molecule has 0 bridgehead atoms. The summed E-state index contributed by atoms with van der Waals surface area (Å²) in [6.45, 7) is 3.78. The second-order valence-corrected chi connectivity index (χ2v) is 9.58. The number of benzene rings is 2. The quantitative estimate of drug-likeness (QED) is 0.573. The van der Waals surface area contributed by atoms with E-state index in [-0.39, 0.29) is 5.60 Å². The molecule has 158 valence electrons. The summed E-state index contributed by atoms with van der Waals surface area (Å²) in [5.74, 6) is 1.70. The molecule has 0 radical (unpaired) electrons. The average molecular weight is 413 g/mol. The summed E-state index contributed by atoms with van der Waals surface area (Å²) in [7, 11) is 0. The first-order valence-corrected chi connectivity index (χ1v) is 11.6. The summed E-state index contributed by atoms with van der Waals surface area (Å²) in [4.78, 5) is 19.2. The van der Waals surface area contributed by atoms with Gasteiger partial charge < -0.3 is 9.64 Å². The van der Waals surface area contributed by atoms with Crippen LogP contribution in [0.15, 0.2) is 48.7 Å². The Labute approximate surface area is 183 Å². The predicted molar refractivity (Wildman–Crippen MR) is 122 cm³/mol. The second-order valence-electron chi connectivity index (χ2n) is 9.58. The SMILES string of the molecule is Cc1cccc2cc(-c3ccc4c(c3)CCC3(CCN(C(=O)C5CC5)CC3)O4)cnc12. The molecule has 1 amide bonds. The number of aromatic nitrogens is 1. The van der Waals surface area contributed by atoms with Crippen molar-refractivity contribution in [2.24, 2.45) is 5.92 Å². The maximum Gasteiger partial charge on any atom is 0.225 e. The Bertz CT molecular complexity index is 1170. The van der Waals surface area contributed by atoms with Crippen LogP contribution in [0.2, 0.25) is 0 Å². The molecule has 1 aliphatic carbocycles. The number of amides is 1. The van der Waals surface area contributed by atoms with Gasteiger partial charge in [-0.15, -0.1) is 0 Å². The van der Waals surface area contributed by atoms with Crippen molar-refractivity contribution in [2.45, 2.75) is 51.0 Å². The van der Waals surface area contributed by atoms with E-state index in [9.17, 15) is 4.79 Å². The number of ether oxygens (including phenoxy) is 1. The van der Waals surface area contributed by atoms with Crippen molar-refractivity contribution in [1.82, 2.24) is 9.88 Å². The van der Waals surface area contributed by atoms with Gasteiger partial charge in [0.2, 0.25) is 5.91 Å². The van der Waals surface area contributed by atoms with Crippen LogP contribution >= 0.6 is 0 Å². The van der Waals surface area contributed by atoms with E-state index in [1.165, 1.54) is 22.1 Å². The van der Waals surface area contributed by atoms with Gasteiger partial charge in [-0.3, -0.25) is 9.78 Å². The Balaban J connectivity index is 1.21. The molecule has 0 unspecified atom stereocenters. The number of pyridine rings is 1. The first kappa shape index (κ1) is 18.9. The molecule has 1 saturated carbocycles. The lowest BCUT2D eigenvalue weighted by molar-refractivity contribution is -0.136. The number of hydrogen-bond acceptors (Lipinski definition) is 3. The molecule has 3 aromatic rings. The smallest absolute Gasteiger partial charge is 0.225 e. The fourth-order valence-corrected chi connectivity index (χ4v) is 5.25. The minimum Gasteiger partial charge on any atom is -0.487 e. The van der Waals surface area contributed by atoms with Crippen molar-refractivity contribution in [3.8, 4) is 16.9 Å². The fraction of sp³-hybridized carbons (Fsp3) is 0.407. The van der Waals surface area contributed by atoms with E-state index >= 15 is 0 Å². The number of carbonyl (C=O) groups excluding carboxylic acids is 1. The largest absolute Gasteiger partial charge is 0.487 e. The third-order valence-corrected chi connectivity index (χ3v) is 7.40. The van der Waals surface area contributed by atoms with Gasteiger partial charge in [0.1, 0.15) is 11.4 Å². The number of aryl methyl sites for hydroxylation is 2. The molecule has 1 aromatic heterocycles. The van der Waals surface area contributed by atoms with E-state index in [0.717, 1.165) is 68.4 Å². The number of nitrogens with zero attached hydrogens (tertiary/aromatic N) is 2. The Morgan fingerprint density at radius 3 is 2.71 bits per heavy atom. The number of para-hydroxylation sites is 1. The highest BCUT2D eigenvalue weighted by Crippen LogP contribution is 2.42. The lowest BCUT2D eigenvalue weighted by Gasteiger charge is -2.44. The van der Waals surface area contributed by atoms with Gasteiger partial charge in [0.05, 0.1) is 5.52 Å². The number of piperidine rings is 1. The van der Waals surface area contributed by atoms with Crippen LogP contribution in [0.5, 0.6) is 5.75 Å². The van der Waals surface area contributed by atoms with Crippen molar-refractivity contribution in [2.75, 3.05) is 13.1 Å². The van der Waals surface area contributed by atoms with Gasteiger partial charge in [0.25, 0.3) is 0 Å². The van der Waals surface area contributed by atoms with E-state index in [2.05, 4.69) is 54.3 Å². The molecule has 2 aromatic carbocycles. The molecule has 2 aliphatic heterocycles. The van der Waals surface area contributed by atoms with Crippen LogP contribution in [0, 0.1) is 12.8 Å². The zero-order valence-corrected chi connectivity index (χ0v) is 18.1. The first-order chi connectivity index (χ1) is 15.1. The van der Waals surface area contributed by atoms with Crippen LogP contribution in [0.1, 0.15) is 43.2 Å². The van der Waals surface area contributed by atoms with Crippen molar-refractivity contribution in [3.05, 3.63) is 59.8 Å². The fourth-order valence-electron chi connectivity index (χ4n) is 5.25. The molecule has 4 heteroatoms. The molecule has 1 spiro atoms. The van der Waals surface area contributed by atoms with Crippen molar-refractivity contribution < 1.29 is 9.53 Å². The van der Waals surface area contributed by atoms with Crippen molar-refractivity contribution in [1.29, 1.82) is 0 Å². The number of likely N-dealkylation sites (tertiary alicyclic amines) is 1. The lowest BCUT2D eigenvalue weighted by Crippen LogP contribution is -2.51. The van der Waals surface area contributed by atoms with Crippen molar-refractivity contribution >= 4 is 16.8 Å². The Kier molecular flexibility index (Phi) is 4.31. The van der Waals surface area contributed by atoms with Gasteiger partial charge in [-0.05, 0) is 67.5 Å². The number of hydrogen-bond donors (Lipinski definition) is 0. The van der Waals surface area contributed by atoms with E-state index in [0.29, 0.717) is 11.8 Å². The number of carbonyl (C=O) groups is 1. The summed E-state index contributed by atoms with van der Waals surface area (Å²) < 4.78 is 6.59. The summed E-state index contributed by atoms with van der Waals surface area (Å²) in [5, 5.41) is 1.18. The lowest BCUT2D eigenvalue weighted by atomic mass is 9.82. The third-order valence-electron chi connectivity index (χ3n) is 7.40. The van der Waals surface area contributed by atoms with Gasteiger partial charge in [0, 0.05) is 49.0 Å². The number of rotatable bonds is 2. The first-order valence-electron chi connectivity index (χ1n) is 11.6. The molecule has 4 nitrogen and oxygen atoms in total. The second kappa shape index (κ2) is 7.08. The van der Waals surface area contributed by atoms with Crippen molar-refractivity contribution in [3.63, 3.8) is 0 Å². The van der Waals surface area contributed by atoms with Gasteiger partial charge in [-0.25, -0.2) is 0 Å². The topological polar surface area (TPSA) is 42.4 Å². The minimum atomic E-state index is -0.100. The molecule has 0 N–H and O–H groups in total. The highest BCUT2D eigenvalue weighted by Gasteiger charge is 2.42. The summed E-state index contributed by atoms with van der Waals surface area (Å²) in [6.07, 6.45) is 8.10.